The number of piperidine rings is 2. The molecular weight excluding hydrogens is 370 g/mol. The van der Waals surface area contributed by atoms with E-state index in [1.165, 1.54) is 70.6 Å². The maximum Gasteiger partial charge on any atom is 0.233 e. The molecule has 3 heterocycles. The van der Waals surface area contributed by atoms with E-state index in [4.69, 9.17) is 0 Å². The lowest BCUT2D eigenvalue weighted by atomic mass is 9.78. The van der Waals surface area contributed by atoms with Gasteiger partial charge in [0, 0.05) is 31.7 Å². The van der Waals surface area contributed by atoms with Gasteiger partial charge in [0.25, 0.3) is 0 Å². The number of anilines is 1. The standard InChI is InChI=1S/C21H33N5OS/c27-19(25-14-6-8-16-7-2-3-9-18(16)25)15-28-21-23-22-20(26(21)17-10-11-17)24-12-4-1-5-13-24/h16-18H,1-15H2/t16-,18-/m0/s1. The lowest BCUT2D eigenvalue weighted by molar-refractivity contribution is -0.134. The molecule has 0 N–H and O–H groups in total. The van der Waals surface area contributed by atoms with Crippen molar-refractivity contribution in [3.63, 3.8) is 0 Å². The van der Waals surface area contributed by atoms with Gasteiger partial charge in [0.2, 0.25) is 11.9 Å². The molecule has 1 aromatic rings. The molecule has 7 heteroatoms. The minimum atomic E-state index is 0.312. The van der Waals surface area contributed by atoms with E-state index in [-0.39, 0.29) is 0 Å². The van der Waals surface area contributed by atoms with Gasteiger partial charge in [0.1, 0.15) is 0 Å². The third-order valence-corrected chi connectivity index (χ3v) is 8.01. The lowest BCUT2D eigenvalue weighted by Gasteiger charge is -2.44. The molecule has 2 aliphatic carbocycles. The van der Waals surface area contributed by atoms with Gasteiger partial charge in [-0.15, -0.1) is 10.2 Å². The van der Waals surface area contributed by atoms with Crippen molar-refractivity contribution in [3.8, 4) is 0 Å². The van der Waals surface area contributed by atoms with Crippen LogP contribution >= 0.6 is 11.8 Å². The summed E-state index contributed by atoms with van der Waals surface area (Å²) in [6, 6.07) is 1.04. The van der Waals surface area contributed by atoms with E-state index in [1.54, 1.807) is 11.8 Å². The highest BCUT2D eigenvalue weighted by atomic mass is 32.2. The Labute approximate surface area is 172 Å². The number of hydrogen-bond acceptors (Lipinski definition) is 5. The molecule has 4 fully saturated rings. The number of fused-ring (bicyclic) bond motifs is 1. The minimum absolute atomic E-state index is 0.312. The third-order valence-electron chi connectivity index (χ3n) is 7.09. The van der Waals surface area contributed by atoms with Gasteiger partial charge >= 0.3 is 0 Å². The van der Waals surface area contributed by atoms with Crippen LogP contribution in [0.1, 0.15) is 76.7 Å². The average Bonchev–Trinajstić information content (AvgIpc) is 3.51. The number of hydrogen-bond donors (Lipinski definition) is 0. The summed E-state index contributed by atoms with van der Waals surface area (Å²) in [5, 5.41) is 10.0. The molecule has 5 rings (SSSR count). The Morgan fingerprint density at radius 3 is 2.50 bits per heavy atom. The highest BCUT2D eigenvalue weighted by molar-refractivity contribution is 7.99. The molecule has 0 bridgehead atoms. The Morgan fingerprint density at radius 2 is 1.68 bits per heavy atom. The van der Waals surface area contributed by atoms with Crippen LogP contribution in [0.2, 0.25) is 0 Å². The molecule has 4 aliphatic rings. The van der Waals surface area contributed by atoms with Crippen LogP contribution in [0, 0.1) is 5.92 Å². The van der Waals surface area contributed by atoms with Crippen molar-refractivity contribution in [1.82, 2.24) is 19.7 Å². The number of rotatable bonds is 5. The molecule has 0 radical (unpaired) electrons. The van der Waals surface area contributed by atoms with E-state index in [0.717, 1.165) is 36.7 Å². The predicted octanol–water partition coefficient (Wildman–Crippen LogP) is 3.88. The number of likely N-dealkylation sites (tertiary alicyclic amines) is 1. The SMILES string of the molecule is O=C(CSc1nnc(N2CCCCC2)n1C1CC1)N1CCC[C@@H]2CCCC[C@@H]21. The van der Waals surface area contributed by atoms with Crippen molar-refractivity contribution in [2.75, 3.05) is 30.3 Å². The van der Waals surface area contributed by atoms with Crippen molar-refractivity contribution < 1.29 is 4.79 Å². The summed E-state index contributed by atoms with van der Waals surface area (Å²) in [7, 11) is 0. The molecule has 154 valence electrons. The van der Waals surface area contributed by atoms with Crippen LogP contribution in [0.15, 0.2) is 5.16 Å². The van der Waals surface area contributed by atoms with Gasteiger partial charge in [-0.25, -0.2) is 0 Å². The largest absolute Gasteiger partial charge is 0.341 e. The zero-order valence-electron chi connectivity index (χ0n) is 16.9. The van der Waals surface area contributed by atoms with Crippen LogP contribution in [0.3, 0.4) is 0 Å². The van der Waals surface area contributed by atoms with Gasteiger partial charge in [0.15, 0.2) is 5.16 Å². The van der Waals surface area contributed by atoms with Gasteiger partial charge < -0.3 is 9.80 Å². The van der Waals surface area contributed by atoms with Crippen LogP contribution < -0.4 is 4.90 Å². The average molecular weight is 404 g/mol. The molecule has 2 aliphatic heterocycles. The second kappa shape index (κ2) is 8.25. The van der Waals surface area contributed by atoms with Gasteiger partial charge in [-0.05, 0) is 63.7 Å². The quantitative estimate of drug-likeness (QED) is 0.699. The number of amides is 1. The van der Waals surface area contributed by atoms with E-state index in [0.29, 0.717) is 23.7 Å². The molecule has 1 aromatic heterocycles. The molecule has 0 aromatic carbocycles. The molecule has 2 saturated carbocycles. The van der Waals surface area contributed by atoms with E-state index in [2.05, 4.69) is 24.6 Å². The molecule has 6 nitrogen and oxygen atoms in total. The Bertz CT molecular complexity index is 695. The van der Waals surface area contributed by atoms with Crippen LogP contribution in [0.5, 0.6) is 0 Å². The maximum absolute atomic E-state index is 13.1. The predicted molar refractivity (Wildman–Crippen MR) is 112 cm³/mol. The second-order valence-electron chi connectivity index (χ2n) is 9.06. The molecule has 2 saturated heterocycles. The highest BCUT2D eigenvalue weighted by Crippen LogP contribution is 2.41. The first-order valence-electron chi connectivity index (χ1n) is 11.4. The van der Waals surface area contributed by atoms with Crippen molar-refractivity contribution >= 4 is 23.6 Å². The van der Waals surface area contributed by atoms with E-state index < -0.39 is 0 Å². The first-order chi connectivity index (χ1) is 13.8. The van der Waals surface area contributed by atoms with Gasteiger partial charge in [-0.2, -0.15) is 0 Å². The fraction of sp³-hybridized carbons (Fsp3) is 0.857. The van der Waals surface area contributed by atoms with Crippen LogP contribution in [0.4, 0.5) is 5.95 Å². The maximum atomic E-state index is 13.1. The summed E-state index contributed by atoms with van der Waals surface area (Å²) >= 11 is 1.61. The number of carbonyl (C=O) groups is 1. The highest BCUT2D eigenvalue weighted by Gasteiger charge is 2.36. The normalized spacial score (nSPS) is 28.3. The summed E-state index contributed by atoms with van der Waals surface area (Å²) in [6.07, 6.45) is 13.9. The number of aromatic nitrogens is 3. The first-order valence-corrected chi connectivity index (χ1v) is 12.4. The third kappa shape index (κ3) is 3.79. The molecular formula is C21H33N5OS. The molecule has 0 unspecified atom stereocenters. The monoisotopic (exact) mass is 403 g/mol. The lowest BCUT2D eigenvalue weighted by Crippen LogP contribution is -2.50. The summed E-state index contributed by atoms with van der Waals surface area (Å²) in [4.78, 5) is 17.7. The van der Waals surface area contributed by atoms with Gasteiger partial charge in [-0.3, -0.25) is 9.36 Å². The summed E-state index contributed by atoms with van der Waals surface area (Å²) in [5.74, 6) is 2.61. The van der Waals surface area contributed by atoms with Crippen LogP contribution in [-0.4, -0.2) is 57.0 Å². The molecule has 1 amide bonds. The Hall–Kier alpha value is -1.24. The second-order valence-corrected chi connectivity index (χ2v) is 10.0. The Morgan fingerprint density at radius 1 is 0.893 bits per heavy atom. The number of nitrogens with zero attached hydrogens (tertiary/aromatic N) is 5. The van der Waals surface area contributed by atoms with Crippen molar-refractivity contribution in [1.29, 1.82) is 0 Å². The fourth-order valence-corrected chi connectivity index (χ4v) is 6.36. The zero-order chi connectivity index (χ0) is 18.9. The Kier molecular flexibility index (Phi) is 5.53. The van der Waals surface area contributed by atoms with E-state index in [9.17, 15) is 4.79 Å². The molecule has 2 atom stereocenters. The fourth-order valence-electron chi connectivity index (χ4n) is 5.47. The first kappa shape index (κ1) is 18.8. The van der Waals surface area contributed by atoms with Crippen LogP contribution in [0.25, 0.3) is 0 Å². The van der Waals surface area contributed by atoms with Gasteiger partial charge in [0.05, 0.1) is 5.75 Å². The summed E-state index contributed by atoms with van der Waals surface area (Å²) < 4.78 is 2.34. The van der Waals surface area contributed by atoms with E-state index >= 15 is 0 Å². The molecule has 0 spiro atoms. The number of carbonyl (C=O) groups excluding carboxylic acids is 1. The topological polar surface area (TPSA) is 54.3 Å². The Balaban J connectivity index is 1.26. The minimum Gasteiger partial charge on any atom is -0.341 e. The molecule has 28 heavy (non-hydrogen) atoms. The van der Waals surface area contributed by atoms with E-state index in [1.807, 2.05) is 0 Å². The van der Waals surface area contributed by atoms with Crippen molar-refractivity contribution in [2.45, 2.75) is 87.9 Å². The number of thioether (sulfide) groups is 1. The van der Waals surface area contributed by atoms with Crippen molar-refractivity contribution in [2.24, 2.45) is 5.92 Å². The summed E-state index contributed by atoms with van der Waals surface area (Å²) in [5.41, 5.74) is 0. The van der Waals surface area contributed by atoms with Gasteiger partial charge in [-0.1, -0.05) is 24.6 Å². The van der Waals surface area contributed by atoms with Crippen LogP contribution in [-0.2, 0) is 4.79 Å². The smallest absolute Gasteiger partial charge is 0.233 e. The summed E-state index contributed by atoms with van der Waals surface area (Å²) in [6.45, 7) is 3.13. The zero-order valence-corrected chi connectivity index (χ0v) is 17.7. The van der Waals surface area contributed by atoms with Crippen molar-refractivity contribution in [3.05, 3.63) is 0 Å².